The van der Waals surface area contributed by atoms with Crippen molar-refractivity contribution in [3.63, 3.8) is 0 Å². The lowest BCUT2D eigenvalue weighted by Gasteiger charge is -2.09. The van der Waals surface area contributed by atoms with Crippen LogP contribution in [0.1, 0.15) is 18.4 Å². The number of para-hydroxylation sites is 1. The van der Waals surface area contributed by atoms with E-state index in [0.29, 0.717) is 5.69 Å². The summed E-state index contributed by atoms with van der Waals surface area (Å²) in [5, 5.41) is 10.2. The van der Waals surface area contributed by atoms with E-state index in [1.165, 1.54) is 0 Å². The molecule has 0 atom stereocenters. The molecule has 0 aliphatic carbocycles. The number of benzene rings is 2. The number of fused-ring (bicyclic) bond motifs is 1. The topological polar surface area (TPSA) is 114 Å². The van der Waals surface area contributed by atoms with Crippen LogP contribution in [0.3, 0.4) is 0 Å². The zero-order valence-corrected chi connectivity index (χ0v) is 22.5. The molecule has 0 saturated heterocycles. The molecule has 5 N–H and O–H groups in total. The molecule has 2 aromatic carbocycles. The molecular formula is C30H34N8O. The van der Waals surface area contributed by atoms with Gasteiger partial charge in [0.25, 0.3) is 0 Å². The highest BCUT2D eigenvalue weighted by Gasteiger charge is 2.17. The fraction of sp³-hybridized carbons (Fsp3) is 0.233. The standard InChI is InChI=1S/C30H34N8O/c1-4-26-36-27(20-10-12-22(13-11-20)35-30(39)34-21-8-6-5-7-9-21)28(37-26)24-14-15-32-29-25(24)18-23(33-29)19-31-16-17-38(2)3/h5-15,18,31H,4,16-17,19H2,1-3H3,(H,32,33)(H,36,37)(H2,34,35,39). The fourth-order valence-electron chi connectivity index (χ4n) is 4.44. The van der Waals surface area contributed by atoms with Crippen molar-refractivity contribution in [2.45, 2.75) is 19.9 Å². The van der Waals surface area contributed by atoms with Crippen molar-refractivity contribution in [1.82, 2.24) is 30.2 Å². The summed E-state index contributed by atoms with van der Waals surface area (Å²) >= 11 is 0. The summed E-state index contributed by atoms with van der Waals surface area (Å²) in [6.45, 7) is 4.71. The molecule has 0 radical (unpaired) electrons. The lowest BCUT2D eigenvalue weighted by Crippen LogP contribution is -2.26. The summed E-state index contributed by atoms with van der Waals surface area (Å²) in [7, 11) is 4.14. The summed E-state index contributed by atoms with van der Waals surface area (Å²) in [6.07, 6.45) is 2.61. The number of urea groups is 1. The summed E-state index contributed by atoms with van der Waals surface area (Å²) < 4.78 is 0. The van der Waals surface area contributed by atoms with E-state index < -0.39 is 0 Å². The zero-order chi connectivity index (χ0) is 27.2. The number of hydrogen-bond acceptors (Lipinski definition) is 5. The van der Waals surface area contributed by atoms with Gasteiger partial charge in [-0.15, -0.1) is 0 Å². The van der Waals surface area contributed by atoms with Gasteiger partial charge in [-0.05, 0) is 50.5 Å². The Morgan fingerprint density at radius 3 is 2.41 bits per heavy atom. The molecule has 39 heavy (non-hydrogen) atoms. The minimum Gasteiger partial charge on any atom is -0.342 e. The molecular weight excluding hydrogens is 488 g/mol. The smallest absolute Gasteiger partial charge is 0.323 e. The molecule has 3 aromatic heterocycles. The molecule has 0 bridgehead atoms. The van der Waals surface area contributed by atoms with E-state index in [9.17, 15) is 4.79 Å². The van der Waals surface area contributed by atoms with Gasteiger partial charge in [-0.1, -0.05) is 37.3 Å². The van der Waals surface area contributed by atoms with Gasteiger partial charge in [0, 0.05) is 65.8 Å². The van der Waals surface area contributed by atoms with E-state index >= 15 is 0 Å². The van der Waals surface area contributed by atoms with Crippen LogP contribution in [0.4, 0.5) is 16.2 Å². The minimum atomic E-state index is -0.290. The number of aryl methyl sites for hydroxylation is 1. The number of carbonyl (C=O) groups is 1. The quantitative estimate of drug-likeness (QED) is 0.156. The second-order valence-electron chi connectivity index (χ2n) is 9.68. The normalized spacial score (nSPS) is 11.3. The number of likely N-dealkylation sites (N-methyl/N-ethyl adjacent to an activating group) is 1. The number of imidazole rings is 1. The maximum Gasteiger partial charge on any atom is 0.323 e. The lowest BCUT2D eigenvalue weighted by atomic mass is 10.0. The monoisotopic (exact) mass is 522 g/mol. The predicted molar refractivity (Wildman–Crippen MR) is 158 cm³/mol. The summed E-state index contributed by atoms with van der Waals surface area (Å²) in [5.74, 6) is 0.913. The van der Waals surface area contributed by atoms with Crippen LogP contribution in [0.2, 0.25) is 0 Å². The van der Waals surface area contributed by atoms with Gasteiger partial charge >= 0.3 is 6.03 Å². The SMILES string of the molecule is CCc1nc(-c2ccc(NC(=O)Nc3ccccc3)cc2)c(-c2ccnc3[nH]c(CNCCN(C)C)cc23)[nH]1. The van der Waals surface area contributed by atoms with Crippen molar-refractivity contribution < 1.29 is 4.79 Å². The Morgan fingerprint density at radius 1 is 0.949 bits per heavy atom. The molecule has 0 unspecified atom stereocenters. The summed E-state index contributed by atoms with van der Waals surface area (Å²) in [4.78, 5) is 31.0. The molecule has 2 amide bonds. The Labute approximate surface area is 228 Å². The van der Waals surface area contributed by atoms with Crippen molar-refractivity contribution in [3.05, 3.63) is 84.4 Å². The second kappa shape index (κ2) is 11.9. The number of nitrogens with zero attached hydrogens (tertiary/aromatic N) is 3. The highest BCUT2D eigenvalue weighted by atomic mass is 16.2. The van der Waals surface area contributed by atoms with Gasteiger partial charge in [-0.25, -0.2) is 14.8 Å². The maximum atomic E-state index is 12.4. The van der Waals surface area contributed by atoms with Gasteiger partial charge in [0.2, 0.25) is 0 Å². The Morgan fingerprint density at radius 2 is 1.69 bits per heavy atom. The van der Waals surface area contributed by atoms with E-state index in [0.717, 1.165) is 76.8 Å². The molecule has 0 aliphatic rings. The number of aromatic nitrogens is 4. The summed E-state index contributed by atoms with van der Waals surface area (Å²) in [6, 6.07) is 21.0. The molecule has 9 nitrogen and oxygen atoms in total. The van der Waals surface area contributed by atoms with Gasteiger partial charge < -0.3 is 30.8 Å². The molecule has 0 spiro atoms. The Bertz CT molecular complexity index is 1540. The van der Waals surface area contributed by atoms with Gasteiger partial charge in [0.15, 0.2) is 0 Å². The third kappa shape index (κ3) is 6.34. The average molecular weight is 523 g/mol. The van der Waals surface area contributed by atoms with E-state index in [4.69, 9.17) is 4.98 Å². The van der Waals surface area contributed by atoms with Gasteiger partial charge in [-0.3, -0.25) is 0 Å². The third-order valence-electron chi connectivity index (χ3n) is 6.44. The van der Waals surface area contributed by atoms with Crippen LogP contribution >= 0.6 is 0 Å². The molecule has 0 saturated carbocycles. The Balaban J connectivity index is 1.38. The van der Waals surface area contributed by atoms with Gasteiger partial charge in [0.1, 0.15) is 11.5 Å². The first-order valence-electron chi connectivity index (χ1n) is 13.1. The second-order valence-corrected chi connectivity index (χ2v) is 9.68. The van der Waals surface area contributed by atoms with Crippen molar-refractivity contribution in [2.24, 2.45) is 0 Å². The highest BCUT2D eigenvalue weighted by molar-refractivity contribution is 6.00. The molecule has 5 aromatic rings. The Hall–Kier alpha value is -4.47. The number of anilines is 2. The molecule has 5 rings (SSSR count). The zero-order valence-electron chi connectivity index (χ0n) is 22.5. The van der Waals surface area contributed by atoms with E-state index in [-0.39, 0.29) is 6.03 Å². The van der Waals surface area contributed by atoms with Crippen molar-refractivity contribution >= 4 is 28.4 Å². The summed E-state index contributed by atoms with van der Waals surface area (Å²) in [5.41, 5.74) is 7.19. The number of H-pyrrole nitrogens is 2. The third-order valence-corrected chi connectivity index (χ3v) is 6.44. The van der Waals surface area contributed by atoms with Crippen LogP contribution < -0.4 is 16.0 Å². The first-order valence-corrected chi connectivity index (χ1v) is 13.1. The largest absolute Gasteiger partial charge is 0.342 e. The predicted octanol–water partition coefficient (Wildman–Crippen LogP) is 5.48. The van der Waals surface area contributed by atoms with Crippen LogP contribution in [0, 0.1) is 0 Å². The Kier molecular flexibility index (Phi) is 8.00. The number of nitrogens with one attached hydrogen (secondary N) is 5. The highest BCUT2D eigenvalue weighted by Crippen LogP contribution is 2.35. The van der Waals surface area contributed by atoms with Gasteiger partial charge in [0.05, 0.1) is 11.4 Å². The number of pyridine rings is 1. The van der Waals surface area contributed by atoms with Crippen molar-refractivity contribution in [2.75, 3.05) is 37.8 Å². The van der Waals surface area contributed by atoms with Crippen LogP contribution in [0.15, 0.2) is 72.9 Å². The van der Waals surface area contributed by atoms with Crippen molar-refractivity contribution in [3.8, 4) is 22.5 Å². The molecule has 200 valence electrons. The first-order chi connectivity index (χ1) is 19.0. The molecule has 0 fully saturated rings. The molecule has 3 heterocycles. The van der Waals surface area contributed by atoms with Gasteiger partial charge in [-0.2, -0.15) is 0 Å². The van der Waals surface area contributed by atoms with Crippen molar-refractivity contribution in [1.29, 1.82) is 0 Å². The van der Waals surface area contributed by atoms with Crippen LogP contribution in [0.25, 0.3) is 33.5 Å². The molecule has 9 heteroatoms. The average Bonchev–Trinajstić information content (AvgIpc) is 3.56. The van der Waals surface area contributed by atoms with Crippen LogP contribution in [-0.2, 0) is 13.0 Å². The number of hydrogen-bond donors (Lipinski definition) is 5. The number of aromatic amines is 2. The lowest BCUT2D eigenvalue weighted by molar-refractivity contribution is 0.262. The minimum absolute atomic E-state index is 0.290. The van der Waals surface area contributed by atoms with E-state index in [1.807, 2.05) is 66.9 Å². The molecule has 0 aliphatic heterocycles. The van der Waals surface area contributed by atoms with E-state index in [1.54, 1.807) is 0 Å². The van der Waals surface area contributed by atoms with Crippen LogP contribution in [-0.4, -0.2) is 58.1 Å². The fourth-order valence-corrected chi connectivity index (χ4v) is 4.44. The maximum absolute atomic E-state index is 12.4. The first kappa shape index (κ1) is 26.1. The number of rotatable bonds is 10. The van der Waals surface area contributed by atoms with Crippen LogP contribution in [0.5, 0.6) is 0 Å². The van der Waals surface area contributed by atoms with E-state index in [2.05, 4.69) is 62.9 Å². The number of carbonyl (C=O) groups excluding carboxylic acids is 1. The number of amides is 2.